The summed E-state index contributed by atoms with van der Waals surface area (Å²) in [4.78, 5) is 35.7. The molecule has 0 N–H and O–H groups in total. The van der Waals surface area contributed by atoms with Crippen molar-refractivity contribution >= 4 is 23.5 Å². The molecule has 0 aromatic carbocycles. The lowest BCUT2D eigenvalue weighted by Gasteiger charge is -2.35. The molecule has 0 atom stereocenters. The Bertz CT molecular complexity index is 749. The van der Waals surface area contributed by atoms with E-state index in [1.54, 1.807) is 54.9 Å². The maximum Gasteiger partial charge on any atom is 0.410 e. The van der Waals surface area contributed by atoms with E-state index >= 15 is 0 Å². The molecule has 0 bridgehead atoms. The number of hydrogen-bond acceptors (Lipinski definition) is 5. The lowest BCUT2D eigenvalue weighted by Crippen LogP contribution is -2.53. The second-order valence-corrected chi connectivity index (χ2v) is 6.39. The Hall–Kier alpha value is -2.64. The Morgan fingerprint density at radius 3 is 2.74 bits per heavy atom. The average molecular weight is 317 g/mol. The van der Waals surface area contributed by atoms with E-state index in [0.717, 1.165) is 0 Å². The van der Waals surface area contributed by atoms with E-state index in [1.165, 1.54) is 4.90 Å². The Kier molecular flexibility index (Phi) is 3.67. The highest BCUT2D eigenvalue weighted by atomic mass is 16.6. The van der Waals surface area contributed by atoms with Crippen molar-refractivity contribution in [2.45, 2.75) is 26.4 Å². The zero-order valence-electron chi connectivity index (χ0n) is 13.4. The van der Waals surface area contributed by atoms with Gasteiger partial charge in [0, 0.05) is 31.7 Å². The molecule has 0 unspecified atom stereocenters. The zero-order valence-corrected chi connectivity index (χ0v) is 13.4. The first-order valence-corrected chi connectivity index (χ1v) is 7.40. The third-order valence-corrected chi connectivity index (χ3v) is 3.42. The second-order valence-electron chi connectivity index (χ2n) is 6.39. The van der Waals surface area contributed by atoms with Crippen molar-refractivity contribution in [3.8, 4) is 0 Å². The van der Waals surface area contributed by atoms with Crippen LogP contribution in [0.4, 0.5) is 10.5 Å². The molecule has 1 aliphatic rings. The van der Waals surface area contributed by atoms with Crippen LogP contribution in [0.25, 0.3) is 5.78 Å². The maximum atomic E-state index is 12.4. The summed E-state index contributed by atoms with van der Waals surface area (Å²) in [6, 6.07) is 0. The van der Waals surface area contributed by atoms with Gasteiger partial charge in [-0.3, -0.25) is 14.1 Å². The summed E-state index contributed by atoms with van der Waals surface area (Å²) in [5.74, 6) is 0.414. The summed E-state index contributed by atoms with van der Waals surface area (Å²) in [6.45, 7) is 6.22. The quantitative estimate of drug-likeness (QED) is 0.792. The van der Waals surface area contributed by atoms with Crippen molar-refractivity contribution in [2.24, 2.45) is 0 Å². The smallest absolute Gasteiger partial charge is 0.410 e. The Morgan fingerprint density at radius 2 is 2.04 bits per heavy atom. The largest absolute Gasteiger partial charge is 0.444 e. The fourth-order valence-corrected chi connectivity index (χ4v) is 2.37. The van der Waals surface area contributed by atoms with Crippen LogP contribution in [-0.2, 0) is 9.53 Å². The van der Waals surface area contributed by atoms with Crippen molar-refractivity contribution in [3.63, 3.8) is 0 Å². The summed E-state index contributed by atoms with van der Waals surface area (Å²) in [5.41, 5.74) is 0.109. The molecule has 2 amide bonds. The number of imidazole rings is 1. The first-order valence-electron chi connectivity index (χ1n) is 7.40. The first-order chi connectivity index (χ1) is 10.8. The highest BCUT2D eigenvalue weighted by Gasteiger charge is 2.31. The van der Waals surface area contributed by atoms with E-state index in [1.807, 2.05) is 0 Å². The highest BCUT2D eigenvalue weighted by Crippen LogP contribution is 2.18. The van der Waals surface area contributed by atoms with Gasteiger partial charge in [0.05, 0.1) is 11.9 Å². The minimum atomic E-state index is -0.576. The lowest BCUT2D eigenvalue weighted by atomic mass is 10.2. The predicted molar refractivity (Wildman–Crippen MR) is 83.1 cm³/mol. The number of aromatic nitrogens is 3. The van der Waals surface area contributed by atoms with E-state index in [9.17, 15) is 9.59 Å². The molecule has 3 rings (SSSR count). The molecule has 0 radical (unpaired) electrons. The zero-order chi connectivity index (χ0) is 16.6. The summed E-state index contributed by atoms with van der Waals surface area (Å²) in [6.07, 6.45) is 6.37. The molecule has 0 aliphatic carbocycles. The Labute approximate surface area is 133 Å². The highest BCUT2D eigenvalue weighted by molar-refractivity contribution is 5.97. The number of carbonyl (C=O) groups excluding carboxylic acids is 2. The van der Waals surface area contributed by atoms with Crippen LogP contribution in [0.15, 0.2) is 24.8 Å². The molecule has 8 heteroatoms. The van der Waals surface area contributed by atoms with Gasteiger partial charge in [0.15, 0.2) is 0 Å². The van der Waals surface area contributed by atoms with Crippen molar-refractivity contribution < 1.29 is 14.3 Å². The van der Waals surface area contributed by atoms with Crippen LogP contribution in [0, 0.1) is 0 Å². The van der Waals surface area contributed by atoms with Crippen LogP contribution in [0.5, 0.6) is 0 Å². The summed E-state index contributed by atoms with van der Waals surface area (Å²) in [7, 11) is 0. The van der Waals surface area contributed by atoms with Gasteiger partial charge in [0.25, 0.3) is 0 Å². The standard InChI is InChI=1S/C15H19N5O3/c1-15(2,3)23-14(22)19-6-7-20(12(21)10-19)11-8-17-13-16-4-5-18(13)9-11/h4-5,8-9H,6-7,10H2,1-3H3. The minimum absolute atomic E-state index is 0.00310. The third-order valence-electron chi connectivity index (χ3n) is 3.42. The number of nitrogens with zero attached hydrogens (tertiary/aromatic N) is 5. The average Bonchev–Trinajstić information content (AvgIpc) is 2.92. The van der Waals surface area contributed by atoms with Crippen molar-refractivity contribution in [1.29, 1.82) is 0 Å². The van der Waals surface area contributed by atoms with E-state index in [4.69, 9.17) is 4.74 Å². The van der Waals surface area contributed by atoms with Gasteiger partial charge in [0.1, 0.15) is 12.1 Å². The van der Waals surface area contributed by atoms with Crippen LogP contribution in [0.1, 0.15) is 20.8 Å². The number of hydrogen-bond donors (Lipinski definition) is 0. The molecule has 1 aliphatic heterocycles. The number of amides is 2. The van der Waals surface area contributed by atoms with Crippen LogP contribution < -0.4 is 4.90 Å². The molecule has 1 saturated heterocycles. The van der Waals surface area contributed by atoms with E-state index in [0.29, 0.717) is 24.6 Å². The van der Waals surface area contributed by atoms with Crippen LogP contribution >= 0.6 is 0 Å². The lowest BCUT2D eigenvalue weighted by molar-refractivity contribution is -0.121. The normalized spacial score (nSPS) is 16.0. The van der Waals surface area contributed by atoms with Crippen LogP contribution in [0.2, 0.25) is 0 Å². The number of fused-ring (bicyclic) bond motifs is 1. The molecule has 0 saturated carbocycles. The summed E-state index contributed by atoms with van der Waals surface area (Å²) < 4.78 is 7.06. The second kappa shape index (κ2) is 5.53. The van der Waals surface area contributed by atoms with Crippen molar-refractivity contribution in [2.75, 3.05) is 24.5 Å². The predicted octanol–water partition coefficient (Wildman–Crippen LogP) is 1.31. The van der Waals surface area contributed by atoms with Crippen LogP contribution in [-0.4, -0.2) is 56.5 Å². The number of anilines is 1. The SMILES string of the molecule is CC(C)(C)OC(=O)N1CCN(c2cnc3nccn3c2)C(=O)C1. The minimum Gasteiger partial charge on any atom is -0.444 e. The summed E-state index contributed by atoms with van der Waals surface area (Å²) in [5, 5.41) is 0. The maximum absolute atomic E-state index is 12.4. The van der Waals surface area contributed by atoms with Gasteiger partial charge >= 0.3 is 6.09 Å². The fraction of sp³-hybridized carbons (Fsp3) is 0.467. The van der Waals surface area contributed by atoms with Gasteiger partial charge in [-0.1, -0.05) is 0 Å². The molecule has 3 heterocycles. The first kappa shape index (κ1) is 15.3. The molecule has 1 fully saturated rings. The monoisotopic (exact) mass is 317 g/mol. The number of ether oxygens (including phenoxy) is 1. The molecular formula is C15H19N5O3. The van der Waals surface area contributed by atoms with E-state index < -0.39 is 11.7 Å². The van der Waals surface area contributed by atoms with Gasteiger partial charge in [-0.2, -0.15) is 0 Å². The van der Waals surface area contributed by atoms with Gasteiger partial charge in [-0.05, 0) is 20.8 Å². The topological polar surface area (TPSA) is 80.0 Å². The van der Waals surface area contributed by atoms with Gasteiger partial charge in [-0.15, -0.1) is 0 Å². The number of rotatable bonds is 1. The molecule has 8 nitrogen and oxygen atoms in total. The van der Waals surface area contributed by atoms with Gasteiger partial charge in [-0.25, -0.2) is 14.8 Å². The Balaban J connectivity index is 1.71. The third kappa shape index (κ3) is 3.25. The van der Waals surface area contributed by atoms with E-state index in [2.05, 4.69) is 9.97 Å². The molecule has 2 aromatic rings. The fourth-order valence-electron chi connectivity index (χ4n) is 2.37. The molecule has 2 aromatic heterocycles. The van der Waals surface area contributed by atoms with Crippen molar-refractivity contribution in [3.05, 3.63) is 24.8 Å². The van der Waals surface area contributed by atoms with Crippen molar-refractivity contribution in [1.82, 2.24) is 19.3 Å². The molecule has 0 spiro atoms. The molecule has 122 valence electrons. The molecular weight excluding hydrogens is 298 g/mol. The number of piperazine rings is 1. The molecule has 23 heavy (non-hydrogen) atoms. The number of carbonyl (C=O) groups is 2. The van der Waals surface area contributed by atoms with Gasteiger partial charge in [0.2, 0.25) is 11.7 Å². The Morgan fingerprint density at radius 1 is 1.26 bits per heavy atom. The van der Waals surface area contributed by atoms with E-state index in [-0.39, 0.29) is 12.5 Å². The van der Waals surface area contributed by atoms with Crippen LogP contribution in [0.3, 0.4) is 0 Å². The van der Waals surface area contributed by atoms with Gasteiger partial charge < -0.3 is 9.64 Å². The summed E-state index contributed by atoms with van der Waals surface area (Å²) >= 11 is 0.